The lowest BCUT2D eigenvalue weighted by Gasteiger charge is -2.18. The molecule has 0 aromatic heterocycles. The van der Waals surface area contributed by atoms with Crippen LogP contribution in [0, 0.1) is 5.41 Å². The van der Waals surface area contributed by atoms with Crippen LogP contribution in [0.15, 0.2) is 4.40 Å². The van der Waals surface area contributed by atoms with Gasteiger partial charge in [0, 0.05) is 5.41 Å². The lowest BCUT2D eigenvalue weighted by atomic mass is 10.2. The van der Waals surface area contributed by atoms with E-state index in [2.05, 4.69) is 11.3 Å². The van der Waals surface area contributed by atoms with Crippen molar-refractivity contribution < 1.29 is 4.55 Å². The maximum Gasteiger partial charge on any atom is 0.144 e. The molecular formula is C9H17NOS. The SMILES string of the molecule is CC1(/C=N/[S@@+]([O-])C(C)(C)C)CC1. The van der Waals surface area contributed by atoms with E-state index in [1.807, 2.05) is 27.0 Å². The summed E-state index contributed by atoms with van der Waals surface area (Å²) in [5.41, 5.74) is 0.265. The molecule has 0 N–H and O–H groups in total. The second-order valence-electron chi connectivity index (χ2n) is 4.75. The van der Waals surface area contributed by atoms with Crippen LogP contribution >= 0.6 is 0 Å². The van der Waals surface area contributed by atoms with E-state index in [1.54, 1.807) is 0 Å². The van der Waals surface area contributed by atoms with Gasteiger partial charge in [-0.25, -0.2) is 0 Å². The third-order valence-corrected chi connectivity index (χ3v) is 3.37. The van der Waals surface area contributed by atoms with Gasteiger partial charge in [0.15, 0.2) is 0 Å². The van der Waals surface area contributed by atoms with E-state index in [0.717, 1.165) is 0 Å². The first-order valence-corrected chi connectivity index (χ1v) is 5.41. The average molecular weight is 187 g/mol. The molecule has 12 heavy (non-hydrogen) atoms. The van der Waals surface area contributed by atoms with Gasteiger partial charge in [-0.2, -0.15) is 0 Å². The van der Waals surface area contributed by atoms with Crippen molar-refractivity contribution in [2.45, 2.75) is 45.3 Å². The van der Waals surface area contributed by atoms with Crippen LogP contribution < -0.4 is 0 Å². The van der Waals surface area contributed by atoms with E-state index >= 15 is 0 Å². The first-order valence-electron chi connectivity index (χ1n) is 4.31. The second kappa shape index (κ2) is 3.04. The normalized spacial score (nSPS) is 24.4. The van der Waals surface area contributed by atoms with E-state index in [9.17, 15) is 4.55 Å². The van der Waals surface area contributed by atoms with Gasteiger partial charge in [0.1, 0.15) is 16.1 Å². The maximum atomic E-state index is 11.5. The number of hydrogen-bond acceptors (Lipinski definition) is 2. The van der Waals surface area contributed by atoms with Crippen LogP contribution in [0.4, 0.5) is 0 Å². The van der Waals surface area contributed by atoms with Gasteiger partial charge >= 0.3 is 0 Å². The Hall–Kier alpha value is -0.0200. The molecule has 1 aliphatic carbocycles. The second-order valence-corrected chi connectivity index (χ2v) is 6.68. The summed E-state index contributed by atoms with van der Waals surface area (Å²) in [6.07, 6.45) is 4.25. The zero-order chi connectivity index (χ0) is 9.41. The van der Waals surface area contributed by atoms with Gasteiger partial charge in [0.05, 0.1) is 6.21 Å². The highest BCUT2D eigenvalue weighted by molar-refractivity contribution is 7.91. The molecule has 0 heterocycles. The summed E-state index contributed by atoms with van der Waals surface area (Å²) in [5.74, 6) is 0. The molecule has 3 heteroatoms. The first kappa shape index (κ1) is 10.1. The Balaban J connectivity index is 2.45. The van der Waals surface area contributed by atoms with Gasteiger partial charge in [-0.3, -0.25) is 0 Å². The van der Waals surface area contributed by atoms with Crippen LogP contribution in [0.1, 0.15) is 40.5 Å². The molecule has 0 radical (unpaired) electrons. The molecule has 0 saturated heterocycles. The third-order valence-electron chi connectivity index (χ3n) is 2.02. The third kappa shape index (κ3) is 2.79. The predicted octanol–water partition coefficient (Wildman–Crippen LogP) is 2.32. The topological polar surface area (TPSA) is 35.4 Å². The summed E-state index contributed by atoms with van der Waals surface area (Å²) >= 11 is -1.07. The molecule has 0 aromatic rings. The molecule has 0 unspecified atom stereocenters. The van der Waals surface area contributed by atoms with Gasteiger partial charge in [0.2, 0.25) is 0 Å². The molecule has 1 saturated carbocycles. The van der Waals surface area contributed by atoms with Crippen LogP contribution in [0.5, 0.6) is 0 Å². The minimum atomic E-state index is -1.07. The van der Waals surface area contributed by atoms with Gasteiger partial charge in [-0.1, -0.05) is 11.3 Å². The predicted molar refractivity (Wildman–Crippen MR) is 53.7 cm³/mol. The van der Waals surface area contributed by atoms with Gasteiger partial charge in [0.25, 0.3) is 0 Å². The van der Waals surface area contributed by atoms with Crippen molar-refractivity contribution in [1.29, 1.82) is 0 Å². The first-order chi connectivity index (χ1) is 5.33. The van der Waals surface area contributed by atoms with Crippen LogP contribution in [-0.4, -0.2) is 15.5 Å². The highest BCUT2D eigenvalue weighted by atomic mass is 32.2. The number of nitrogens with zero attached hydrogens (tertiary/aromatic N) is 1. The molecule has 0 amide bonds. The van der Waals surface area contributed by atoms with E-state index in [0.29, 0.717) is 0 Å². The quantitative estimate of drug-likeness (QED) is 0.482. The molecule has 1 rings (SSSR count). The minimum absolute atomic E-state index is 0.220. The number of hydrogen-bond donors (Lipinski definition) is 0. The largest absolute Gasteiger partial charge is 0.591 e. The Morgan fingerprint density at radius 1 is 1.42 bits per heavy atom. The van der Waals surface area contributed by atoms with E-state index < -0.39 is 11.4 Å². The van der Waals surface area contributed by atoms with E-state index in [-0.39, 0.29) is 10.2 Å². The summed E-state index contributed by atoms with van der Waals surface area (Å²) in [5, 5.41) is 0. The fourth-order valence-electron chi connectivity index (χ4n) is 0.659. The summed E-state index contributed by atoms with van der Waals surface area (Å²) < 4.78 is 15.3. The van der Waals surface area contributed by atoms with Crippen molar-refractivity contribution in [3.63, 3.8) is 0 Å². The van der Waals surface area contributed by atoms with Gasteiger partial charge in [-0.05, 0) is 33.6 Å². The summed E-state index contributed by atoms with van der Waals surface area (Å²) in [4.78, 5) is 0. The minimum Gasteiger partial charge on any atom is -0.591 e. The zero-order valence-electron chi connectivity index (χ0n) is 8.26. The van der Waals surface area contributed by atoms with E-state index in [4.69, 9.17) is 0 Å². The Kier molecular flexibility index (Phi) is 2.55. The molecule has 1 atom stereocenters. The number of rotatable bonds is 2. The fourth-order valence-corrected chi connectivity index (χ4v) is 1.33. The standard InChI is InChI=1S/C9H17NOS/c1-8(2,3)12(11)10-7-9(4)5-6-9/h7H,5-6H2,1-4H3/b10-7+/t12-/m0/s1. The molecule has 0 aromatic carbocycles. The van der Waals surface area contributed by atoms with Crippen LogP contribution in [-0.2, 0) is 11.4 Å². The molecule has 0 aliphatic heterocycles. The summed E-state index contributed by atoms with van der Waals surface area (Å²) in [7, 11) is 0. The average Bonchev–Trinajstić information content (AvgIpc) is 2.62. The molecule has 0 bridgehead atoms. The molecule has 2 nitrogen and oxygen atoms in total. The lowest BCUT2D eigenvalue weighted by molar-refractivity contribution is 0.561. The smallest absolute Gasteiger partial charge is 0.144 e. The zero-order valence-corrected chi connectivity index (χ0v) is 9.07. The summed E-state index contributed by atoms with van der Waals surface area (Å²) in [6.45, 7) is 7.97. The van der Waals surface area contributed by atoms with Crippen molar-refractivity contribution in [3.8, 4) is 0 Å². The highest BCUT2D eigenvalue weighted by Gasteiger charge is 2.37. The van der Waals surface area contributed by atoms with Crippen molar-refractivity contribution in [3.05, 3.63) is 0 Å². The van der Waals surface area contributed by atoms with E-state index in [1.165, 1.54) is 12.8 Å². The Bertz CT molecular complexity index is 191. The monoisotopic (exact) mass is 187 g/mol. The van der Waals surface area contributed by atoms with Crippen molar-refractivity contribution in [2.24, 2.45) is 9.81 Å². The fraction of sp³-hybridized carbons (Fsp3) is 0.889. The molecule has 70 valence electrons. The molecule has 0 spiro atoms. The van der Waals surface area contributed by atoms with Crippen molar-refractivity contribution >= 4 is 17.6 Å². The van der Waals surface area contributed by atoms with Crippen LogP contribution in [0.25, 0.3) is 0 Å². The van der Waals surface area contributed by atoms with Crippen LogP contribution in [0.3, 0.4) is 0 Å². The van der Waals surface area contributed by atoms with Gasteiger partial charge < -0.3 is 4.55 Å². The van der Waals surface area contributed by atoms with Crippen molar-refractivity contribution in [1.82, 2.24) is 0 Å². The Morgan fingerprint density at radius 3 is 2.25 bits per heavy atom. The highest BCUT2D eigenvalue weighted by Crippen LogP contribution is 2.43. The van der Waals surface area contributed by atoms with Crippen LogP contribution in [0.2, 0.25) is 0 Å². The Labute approximate surface area is 77.8 Å². The Morgan fingerprint density at radius 2 is 1.92 bits per heavy atom. The van der Waals surface area contributed by atoms with Gasteiger partial charge in [-0.15, -0.1) is 0 Å². The maximum absolute atomic E-state index is 11.5. The molecule has 1 fully saturated rings. The molecule has 1 aliphatic rings. The lowest BCUT2D eigenvalue weighted by Crippen LogP contribution is -2.26. The summed E-state index contributed by atoms with van der Waals surface area (Å²) in [6, 6.07) is 0. The van der Waals surface area contributed by atoms with Crippen molar-refractivity contribution in [2.75, 3.05) is 0 Å². The molecular weight excluding hydrogens is 170 g/mol.